The van der Waals surface area contributed by atoms with Crippen LogP contribution < -0.4 is 9.64 Å². The van der Waals surface area contributed by atoms with Crippen LogP contribution in [0, 0.1) is 6.92 Å². The minimum Gasteiger partial charge on any atom is -0.426 e. The van der Waals surface area contributed by atoms with Gasteiger partial charge in [0.15, 0.2) is 5.75 Å². The van der Waals surface area contributed by atoms with Crippen LogP contribution in [0.15, 0.2) is 24.3 Å². The Morgan fingerprint density at radius 2 is 1.88 bits per heavy atom. The highest BCUT2D eigenvalue weighted by Crippen LogP contribution is 2.42. The Labute approximate surface area is 141 Å². The summed E-state index contributed by atoms with van der Waals surface area (Å²) in [6.45, 7) is 1.41. The van der Waals surface area contributed by atoms with Crippen LogP contribution in [0.3, 0.4) is 0 Å². The molecule has 0 fully saturated rings. The molecule has 1 aromatic carbocycles. The molecule has 0 radical (unpaired) electrons. The molecule has 0 bridgehead atoms. The first kappa shape index (κ1) is 19.0. The predicted molar refractivity (Wildman–Crippen MR) is 78.0 cm³/mol. The topological polar surface area (TPSA) is 42.4 Å². The fourth-order valence-corrected chi connectivity index (χ4v) is 2.80. The normalized spacial score (nSPS) is 11.9. The van der Waals surface area contributed by atoms with E-state index < -0.39 is 36.1 Å². The van der Waals surface area contributed by atoms with Crippen LogP contribution in [0.2, 0.25) is 0 Å². The second kappa shape index (κ2) is 7.30. The molecule has 1 heterocycles. The van der Waals surface area contributed by atoms with Crippen molar-refractivity contribution in [1.82, 2.24) is 4.98 Å². The summed E-state index contributed by atoms with van der Waals surface area (Å²) in [7, 11) is 0. The highest BCUT2D eigenvalue weighted by molar-refractivity contribution is 7.16. The molecule has 2 rings (SSSR count). The maximum Gasteiger partial charge on any atom is 0.461 e. The number of halogens is 6. The van der Waals surface area contributed by atoms with E-state index in [9.17, 15) is 31.1 Å². The number of carbonyl (C=O) groups is 1. The molecule has 0 aliphatic rings. The van der Waals surface area contributed by atoms with E-state index >= 15 is 0 Å². The zero-order valence-corrected chi connectivity index (χ0v) is 13.2. The minimum absolute atomic E-state index is 0.0849. The lowest BCUT2D eigenvalue weighted by molar-refractivity contribution is -0.253. The van der Waals surface area contributed by atoms with E-state index in [1.165, 1.54) is 19.1 Å². The largest absolute Gasteiger partial charge is 0.461 e. The summed E-state index contributed by atoms with van der Waals surface area (Å²) in [5.74, 6) is -0.772. The number of hydrogen-bond acceptors (Lipinski definition) is 4. The van der Waals surface area contributed by atoms with E-state index in [4.69, 9.17) is 0 Å². The van der Waals surface area contributed by atoms with Crippen LogP contribution in [0.1, 0.15) is 17.1 Å². The Kier molecular flexibility index (Phi) is 5.55. The van der Waals surface area contributed by atoms with E-state index in [1.54, 1.807) is 0 Å². The van der Waals surface area contributed by atoms with Crippen LogP contribution in [-0.2, 0) is 4.79 Å². The van der Waals surface area contributed by atoms with Gasteiger partial charge in [0.2, 0.25) is 6.41 Å². The van der Waals surface area contributed by atoms with Crippen molar-refractivity contribution in [2.75, 3.05) is 4.90 Å². The van der Waals surface area contributed by atoms with Gasteiger partial charge in [0, 0.05) is 0 Å². The molecule has 0 aliphatic heterocycles. The van der Waals surface area contributed by atoms with Crippen LogP contribution in [0.25, 0.3) is 0 Å². The van der Waals surface area contributed by atoms with Crippen LogP contribution in [0.4, 0.5) is 37.0 Å². The third kappa shape index (κ3) is 4.03. The van der Waals surface area contributed by atoms with Crippen LogP contribution in [-0.4, -0.2) is 23.9 Å². The van der Waals surface area contributed by atoms with Gasteiger partial charge >= 0.3 is 12.5 Å². The lowest BCUT2D eigenvalue weighted by atomic mass is 10.2. The van der Waals surface area contributed by atoms with E-state index in [0.717, 1.165) is 12.1 Å². The summed E-state index contributed by atoms with van der Waals surface area (Å²) in [4.78, 5) is 15.6. The summed E-state index contributed by atoms with van der Waals surface area (Å²) < 4.78 is 81.2. The number of benzene rings is 1. The Balaban J connectivity index is 2.51. The van der Waals surface area contributed by atoms with Gasteiger partial charge in [-0.3, -0.25) is 9.69 Å². The van der Waals surface area contributed by atoms with Crippen molar-refractivity contribution >= 4 is 28.4 Å². The van der Waals surface area contributed by atoms with Crippen molar-refractivity contribution in [3.63, 3.8) is 0 Å². The number of carbonyl (C=O) groups excluding carboxylic acids is 1. The van der Waals surface area contributed by atoms with Gasteiger partial charge in [-0.15, -0.1) is 11.3 Å². The van der Waals surface area contributed by atoms with Gasteiger partial charge < -0.3 is 4.74 Å². The first-order valence-corrected chi connectivity index (χ1v) is 7.43. The maximum atomic E-state index is 13.2. The standard InChI is InChI=1S/C14H10F6N2O2S/c1-7-21-10(11(15)16)12(25-7)22(6-23)8-4-2-3-5-9(8)24-14(19,20)13(17)18/h2-6,11,13H,1H3. The van der Waals surface area contributed by atoms with E-state index in [-0.39, 0.29) is 16.4 Å². The summed E-state index contributed by atoms with van der Waals surface area (Å²) in [6.07, 6.45) is -11.9. The summed E-state index contributed by atoms with van der Waals surface area (Å²) in [6, 6.07) is 4.51. The quantitative estimate of drug-likeness (QED) is 0.503. The molecule has 0 unspecified atom stereocenters. The van der Waals surface area contributed by atoms with Gasteiger partial charge in [-0.1, -0.05) is 12.1 Å². The summed E-state index contributed by atoms with van der Waals surface area (Å²) >= 11 is 0.716. The number of rotatable bonds is 7. The monoisotopic (exact) mass is 384 g/mol. The van der Waals surface area contributed by atoms with Crippen molar-refractivity contribution in [2.24, 2.45) is 0 Å². The molecule has 0 N–H and O–H groups in total. The molecule has 25 heavy (non-hydrogen) atoms. The molecule has 0 aliphatic carbocycles. The van der Waals surface area contributed by atoms with Gasteiger partial charge in [0.05, 0.1) is 10.7 Å². The Morgan fingerprint density at radius 1 is 1.24 bits per heavy atom. The number of aromatic nitrogens is 1. The zero-order chi connectivity index (χ0) is 18.8. The molecule has 0 saturated heterocycles. The molecule has 11 heteroatoms. The zero-order valence-electron chi connectivity index (χ0n) is 12.4. The van der Waals surface area contributed by atoms with Gasteiger partial charge in [-0.25, -0.2) is 13.8 Å². The molecular formula is C14H10F6N2O2S. The third-order valence-corrected chi connectivity index (χ3v) is 3.88. The average Bonchev–Trinajstić information content (AvgIpc) is 2.91. The first-order chi connectivity index (χ1) is 11.7. The molecule has 136 valence electrons. The van der Waals surface area contributed by atoms with E-state index in [1.807, 2.05) is 0 Å². The van der Waals surface area contributed by atoms with Gasteiger partial charge in [0.25, 0.3) is 6.43 Å². The van der Waals surface area contributed by atoms with Crippen molar-refractivity contribution in [3.8, 4) is 5.75 Å². The smallest absolute Gasteiger partial charge is 0.426 e. The Morgan fingerprint density at radius 3 is 2.44 bits per heavy atom. The van der Waals surface area contributed by atoms with Gasteiger partial charge in [-0.05, 0) is 19.1 Å². The van der Waals surface area contributed by atoms with E-state index in [0.29, 0.717) is 16.2 Å². The number of amides is 1. The molecule has 0 spiro atoms. The molecule has 1 amide bonds. The fourth-order valence-electron chi connectivity index (χ4n) is 1.89. The highest BCUT2D eigenvalue weighted by Gasteiger charge is 2.44. The van der Waals surface area contributed by atoms with Crippen LogP contribution in [0.5, 0.6) is 5.75 Å². The number of para-hydroxylation sites is 2. The highest BCUT2D eigenvalue weighted by atomic mass is 32.1. The average molecular weight is 384 g/mol. The molecule has 0 atom stereocenters. The molecule has 1 aromatic heterocycles. The number of nitrogens with zero attached hydrogens (tertiary/aromatic N) is 2. The number of hydrogen-bond donors (Lipinski definition) is 0. The molecule has 4 nitrogen and oxygen atoms in total. The van der Waals surface area contributed by atoms with Crippen molar-refractivity contribution in [3.05, 3.63) is 35.0 Å². The number of thiazole rings is 1. The summed E-state index contributed by atoms with van der Waals surface area (Å²) in [5.41, 5.74) is -1.13. The van der Waals surface area contributed by atoms with Crippen molar-refractivity contribution < 1.29 is 35.9 Å². The molecule has 0 saturated carbocycles. The van der Waals surface area contributed by atoms with Crippen molar-refractivity contribution in [1.29, 1.82) is 0 Å². The number of aryl methyl sites for hydroxylation is 1. The fraction of sp³-hybridized carbons (Fsp3) is 0.286. The Hall–Kier alpha value is -2.30. The first-order valence-electron chi connectivity index (χ1n) is 6.61. The SMILES string of the molecule is Cc1nc(C(F)F)c(N(C=O)c2ccccc2OC(F)(F)C(F)F)s1. The summed E-state index contributed by atoms with van der Waals surface area (Å²) in [5, 5.41) is -0.118. The second-order valence-electron chi connectivity index (χ2n) is 4.63. The third-order valence-electron chi connectivity index (χ3n) is 2.90. The predicted octanol–water partition coefficient (Wildman–Crippen LogP) is 4.92. The maximum absolute atomic E-state index is 13.2. The second-order valence-corrected chi connectivity index (χ2v) is 5.81. The van der Waals surface area contributed by atoms with Crippen LogP contribution >= 0.6 is 11.3 Å². The minimum atomic E-state index is -4.82. The van der Waals surface area contributed by atoms with E-state index in [2.05, 4.69) is 9.72 Å². The van der Waals surface area contributed by atoms with Crippen molar-refractivity contribution in [2.45, 2.75) is 25.9 Å². The lowest BCUT2D eigenvalue weighted by Crippen LogP contribution is -2.34. The van der Waals surface area contributed by atoms with Gasteiger partial charge in [-0.2, -0.15) is 17.6 Å². The number of anilines is 2. The molecule has 2 aromatic rings. The lowest BCUT2D eigenvalue weighted by Gasteiger charge is -2.23. The molecular weight excluding hydrogens is 374 g/mol. The number of alkyl halides is 6. The number of ether oxygens (including phenoxy) is 1. The Bertz CT molecular complexity index is 753. The van der Waals surface area contributed by atoms with Gasteiger partial charge in [0.1, 0.15) is 10.7 Å².